The number of rotatable bonds is 7. The molecule has 0 N–H and O–H groups in total. The Hall–Kier alpha value is -2.94. The molecule has 5 rings (SSSR count). The second kappa shape index (κ2) is 8.78. The molecule has 0 spiro atoms. The van der Waals surface area contributed by atoms with Gasteiger partial charge >= 0.3 is 0 Å². The van der Waals surface area contributed by atoms with Crippen LogP contribution < -0.4 is 9.47 Å². The summed E-state index contributed by atoms with van der Waals surface area (Å²) in [5, 5.41) is 7.10. The molecule has 7 heteroatoms. The van der Waals surface area contributed by atoms with E-state index in [1.807, 2.05) is 50.2 Å². The molecule has 2 aliphatic rings. The minimum Gasteiger partial charge on any atom is -0.490 e. The molecule has 0 saturated carbocycles. The highest BCUT2D eigenvalue weighted by atomic mass is 127. The highest BCUT2D eigenvalue weighted by Crippen LogP contribution is 2.38. The minimum absolute atomic E-state index is 0.401. The van der Waals surface area contributed by atoms with Crippen LogP contribution in [0.2, 0.25) is 0 Å². The number of ether oxygens (including phenoxy) is 2. The summed E-state index contributed by atoms with van der Waals surface area (Å²) in [4.78, 5) is 26.5. The van der Waals surface area contributed by atoms with Crippen LogP contribution in [-0.4, -0.2) is 36.3 Å². The zero-order chi connectivity index (χ0) is 23.1. The lowest BCUT2D eigenvalue weighted by Crippen LogP contribution is -2.36. The lowest BCUT2D eigenvalue weighted by atomic mass is 9.92. The van der Waals surface area contributed by atoms with E-state index in [2.05, 4.69) is 27.7 Å². The molecule has 2 amide bonds. The van der Waals surface area contributed by atoms with Crippen molar-refractivity contribution in [2.45, 2.75) is 33.1 Å². The van der Waals surface area contributed by atoms with Crippen molar-refractivity contribution in [3.63, 3.8) is 0 Å². The van der Waals surface area contributed by atoms with Crippen LogP contribution in [0.25, 0.3) is 10.8 Å². The van der Waals surface area contributed by atoms with Gasteiger partial charge in [0.1, 0.15) is 0 Å². The van der Waals surface area contributed by atoms with Gasteiger partial charge in [-0.2, -0.15) is 10.1 Å². The lowest BCUT2D eigenvalue weighted by molar-refractivity contribution is 0.0616. The number of nitrogens with zero attached hydrogens (tertiary/aromatic N) is 2. The molecular weight excluding hydrogens is 531 g/mol. The SMILES string of the molecule is CCCOc1c(I)cc(C=NN2C(=O)c3ccc4c5c(ccc(c35)C2=O)CC4)cc1OCC. The topological polar surface area (TPSA) is 68.2 Å². The Morgan fingerprint density at radius 1 is 0.970 bits per heavy atom. The van der Waals surface area contributed by atoms with Crippen molar-refractivity contribution in [3.8, 4) is 11.5 Å². The van der Waals surface area contributed by atoms with E-state index >= 15 is 0 Å². The summed E-state index contributed by atoms with van der Waals surface area (Å²) in [5.74, 6) is 0.507. The maximum Gasteiger partial charge on any atom is 0.282 e. The van der Waals surface area contributed by atoms with Gasteiger partial charge < -0.3 is 9.47 Å². The third-order valence-corrected chi connectivity index (χ3v) is 6.75. The molecule has 3 aromatic carbocycles. The first-order chi connectivity index (χ1) is 16.0. The van der Waals surface area contributed by atoms with Gasteiger partial charge in [-0.15, -0.1) is 0 Å². The fraction of sp³-hybridized carbons (Fsp3) is 0.269. The summed E-state index contributed by atoms with van der Waals surface area (Å²) in [7, 11) is 0. The Morgan fingerprint density at radius 2 is 1.64 bits per heavy atom. The molecule has 1 heterocycles. The summed E-state index contributed by atoms with van der Waals surface area (Å²) in [6, 6.07) is 11.4. The molecule has 0 atom stereocenters. The second-order valence-electron chi connectivity index (χ2n) is 8.07. The molecule has 33 heavy (non-hydrogen) atoms. The van der Waals surface area contributed by atoms with Gasteiger partial charge in [-0.25, -0.2) is 0 Å². The number of hydrogen-bond acceptors (Lipinski definition) is 5. The molecule has 6 nitrogen and oxygen atoms in total. The molecule has 0 radical (unpaired) electrons. The van der Waals surface area contributed by atoms with Crippen molar-refractivity contribution in [1.82, 2.24) is 5.01 Å². The van der Waals surface area contributed by atoms with Gasteiger partial charge in [0.2, 0.25) is 0 Å². The van der Waals surface area contributed by atoms with Crippen molar-refractivity contribution in [3.05, 3.63) is 67.8 Å². The molecule has 1 aliphatic carbocycles. The first kappa shape index (κ1) is 21.9. The molecule has 168 valence electrons. The Bertz CT molecular complexity index is 1270. The summed E-state index contributed by atoms with van der Waals surface area (Å²) in [5.41, 5.74) is 4.17. The van der Waals surface area contributed by atoms with E-state index in [1.165, 1.54) is 17.3 Å². The summed E-state index contributed by atoms with van der Waals surface area (Å²) < 4.78 is 12.5. The number of carbonyl (C=O) groups is 2. The summed E-state index contributed by atoms with van der Waals surface area (Å²) >= 11 is 2.20. The van der Waals surface area contributed by atoms with Gasteiger partial charge in [-0.05, 0) is 95.1 Å². The maximum atomic E-state index is 13.2. The number of imide groups is 1. The van der Waals surface area contributed by atoms with E-state index in [0.29, 0.717) is 41.4 Å². The predicted octanol–water partition coefficient (Wildman–Crippen LogP) is 5.36. The highest BCUT2D eigenvalue weighted by molar-refractivity contribution is 14.1. The number of carbonyl (C=O) groups excluding carboxylic acids is 2. The van der Waals surface area contributed by atoms with Crippen molar-refractivity contribution in [2.75, 3.05) is 13.2 Å². The number of amides is 2. The summed E-state index contributed by atoms with van der Waals surface area (Å²) in [6.45, 7) is 5.04. The fourth-order valence-electron chi connectivity index (χ4n) is 4.50. The number of hydrogen-bond donors (Lipinski definition) is 0. The second-order valence-corrected chi connectivity index (χ2v) is 9.23. The van der Waals surface area contributed by atoms with Crippen LogP contribution in [0.4, 0.5) is 0 Å². The third-order valence-electron chi connectivity index (χ3n) is 5.95. The molecule has 0 bridgehead atoms. The third kappa shape index (κ3) is 3.68. The van der Waals surface area contributed by atoms with Crippen LogP contribution in [0.5, 0.6) is 11.5 Å². The van der Waals surface area contributed by atoms with E-state index in [0.717, 1.165) is 38.6 Å². The van der Waals surface area contributed by atoms with Crippen LogP contribution in [0.3, 0.4) is 0 Å². The fourth-order valence-corrected chi connectivity index (χ4v) is 5.29. The molecule has 3 aromatic rings. The van der Waals surface area contributed by atoms with E-state index in [1.54, 1.807) is 0 Å². The standard InChI is InChI=1S/C26H23IN2O4/c1-3-11-33-24-20(27)12-15(13-21(24)32-4-2)14-28-29-25(30)18-9-7-16-5-6-17-8-10-19(26(29)31)23(18)22(16)17/h7-10,12-14H,3-6,11H2,1-2H3. The van der Waals surface area contributed by atoms with Crippen molar-refractivity contribution in [1.29, 1.82) is 0 Å². The predicted molar refractivity (Wildman–Crippen MR) is 136 cm³/mol. The zero-order valence-electron chi connectivity index (χ0n) is 18.5. The first-order valence-electron chi connectivity index (χ1n) is 11.1. The van der Waals surface area contributed by atoms with Gasteiger partial charge in [0, 0.05) is 5.39 Å². The normalized spacial score (nSPS) is 14.6. The minimum atomic E-state index is -0.401. The van der Waals surface area contributed by atoms with Crippen molar-refractivity contribution >= 4 is 51.4 Å². The van der Waals surface area contributed by atoms with Crippen LogP contribution in [-0.2, 0) is 12.8 Å². The molecular formula is C26H23IN2O4. The van der Waals surface area contributed by atoms with E-state index in [4.69, 9.17) is 9.47 Å². The number of hydrazone groups is 1. The molecule has 0 aromatic heterocycles. The van der Waals surface area contributed by atoms with E-state index in [-0.39, 0.29) is 0 Å². The van der Waals surface area contributed by atoms with E-state index in [9.17, 15) is 9.59 Å². The van der Waals surface area contributed by atoms with E-state index < -0.39 is 11.8 Å². The smallest absolute Gasteiger partial charge is 0.282 e. The van der Waals surface area contributed by atoms with Crippen LogP contribution in [0.15, 0.2) is 41.5 Å². The van der Waals surface area contributed by atoms with Gasteiger partial charge in [-0.1, -0.05) is 19.1 Å². The molecule has 0 fully saturated rings. The Kier molecular flexibility index (Phi) is 5.82. The number of halogens is 1. The maximum absolute atomic E-state index is 13.2. The van der Waals surface area contributed by atoms with Crippen molar-refractivity contribution < 1.29 is 19.1 Å². The van der Waals surface area contributed by atoms with Gasteiger partial charge in [0.05, 0.1) is 34.1 Å². The van der Waals surface area contributed by atoms with Crippen LogP contribution in [0.1, 0.15) is 57.7 Å². The largest absolute Gasteiger partial charge is 0.490 e. The average Bonchev–Trinajstić information content (AvgIpc) is 3.23. The first-order valence-corrected chi connectivity index (χ1v) is 12.2. The molecule has 0 unspecified atom stereocenters. The average molecular weight is 554 g/mol. The lowest BCUT2D eigenvalue weighted by Gasteiger charge is -2.23. The van der Waals surface area contributed by atoms with Crippen molar-refractivity contribution in [2.24, 2.45) is 5.10 Å². The van der Waals surface area contributed by atoms with Crippen LogP contribution >= 0.6 is 22.6 Å². The number of aryl methyl sites for hydroxylation is 2. The molecule has 1 aliphatic heterocycles. The van der Waals surface area contributed by atoms with Gasteiger partial charge in [0.15, 0.2) is 11.5 Å². The Balaban J connectivity index is 1.51. The Morgan fingerprint density at radius 3 is 2.24 bits per heavy atom. The van der Waals surface area contributed by atoms with Gasteiger partial charge in [0.25, 0.3) is 11.8 Å². The Labute approximate surface area is 205 Å². The quantitative estimate of drug-likeness (QED) is 0.224. The zero-order valence-corrected chi connectivity index (χ0v) is 20.6. The molecule has 0 saturated heterocycles. The van der Waals surface area contributed by atoms with Crippen LogP contribution in [0, 0.1) is 3.57 Å². The summed E-state index contributed by atoms with van der Waals surface area (Å²) in [6.07, 6.45) is 4.30. The highest BCUT2D eigenvalue weighted by Gasteiger charge is 2.35. The van der Waals surface area contributed by atoms with Gasteiger partial charge in [-0.3, -0.25) is 9.59 Å². The monoisotopic (exact) mass is 554 g/mol. The number of benzene rings is 3.